The average Bonchev–Trinajstić information content (AvgIpc) is 2.14. The molecule has 0 spiro atoms. The van der Waals surface area contributed by atoms with Gasteiger partial charge >= 0.3 is 0 Å². The number of alkyl halides is 2. The van der Waals surface area contributed by atoms with Gasteiger partial charge in [0.1, 0.15) is 11.2 Å². The molecule has 86 valence electrons. The highest BCUT2D eigenvalue weighted by atomic mass is 35.7. The molecule has 4 nitrogen and oxygen atoms in total. The molecule has 0 bridgehead atoms. The number of halogens is 4. The van der Waals surface area contributed by atoms with Crippen LogP contribution in [0.2, 0.25) is 5.15 Å². The summed E-state index contributed by atoms with van der Waals surface area (Å²) in [5.41, 5.74) is -1.80. The van der Waals surface area contributed by atoms with E-state index in [0.717, 1.165) is 0 Å². The van der Waals surface area contributed by atoms with E-state index in [9.17, 15) is 17.2 Å². The molecular formula is C7H2Cl2F2N2O2S. The van der Waals surface area contributed by atoms with Crippen LogP contribution in [0, 0.1) is 11.3 Å². The van der Waals surface area contributed by atoms with Gasteiger partial charge in [-0.05, 0) is 6.07 Å². The molecule has 0 aromatic carbocycles. The smallest absolute Gasteiger partial charge is 0.225 e. The minimum atomic E-state index is -4.42. The molecule has 0 amide bonds. The second-order valence-corrected chi connectivity index (χ2v) is 5.48. The van der Waals surface area contributed by atoms with Crippen molar-refractivity contribution in [3.63, 3.8) is 0 Å². The van der Waals surface area contributed by atoms with E-state index in [1.54, 1.807) is 0 Å². The van der Waals surface area contributed by atoms with Crippen molar-refractivity contribution >= 4 is 31.3 Å². The normalized spacial score (nSPS) is 11.5. The zero-order chi connectivity index (χ0) is 12.5. The fraction of sp³-hybridized carbons (Fsp3) is 0.143. The molecule has 0 N–H and O–H groups in total. The SMILES string of the molecule is N#Cc1nc(Cl)cc(S(=O)(=O)Cl)c1C(F)F. The molecule has 0 radical (unpaired) electrons. The van der Waals surface area contributed by atoms with Crippen molar-refractivity contribution in [2.24, 2.45) is 0 Å². The van der Waals surface area contributed by atoms with Gasteiger partial charge in [-0.3, -0.25) is 0 Å². The summed E-state index contributed by atoms with van der Waals surface area (Å²) in [5.74, 6) is 0. The van der Waals surface area contributed by atoms with Gasteiger partial charge in [0, 0.05) is 10.7 Å². The van der Waals surface area contributed by atoms with Crippen LogP contribution in [-0.4, -0.2) is 13.4 Å². The molecule has 0 unspecified atom stereocenters. The predicted molar refractivity (Wildman–Crippen MR) is 52.0 cm³/mol. The first kappa shape index (κ1) is 13.1. The molecule has 1 aromatic heterocycles. The average molecular weight is 287 g/mol. The Kier molecular flexibility index (Phi) is 3.68. The monoisotopic (exact) mass is 286 g/mol. The Morgan fingerprint density at radius 2 is 2.06 bits per heavy atom. The van der Waals surface area contributed by atoms with Crippen molar-refractivity contribution in [1.82, 2.24) is 4.98 Å². The summed E-state index contributed by atoms with van der Waals surface area (Å²) in [4.78, 5) is 2.39. The van der Waals surface area contributed by atoms with Crippen molar-refractivity contribution in [3.8, 4) is 6.07 Å². The molecular weight excluding hydrogens is 285 g/mol. The molecule has 0 aliphatic rings. The van der Waals surface area contributed by atoms with Gasteiger partial charge in [-0.15, -0.1) is 0 Å². The van der Waals surface area contributed by atoms with Crippen molar-refractivity contribution in [2.75, 3.05) is 0 Å². The Hall–Kier alpha value is -0.970. The third-order valence-corrected chi connectivity index (χ3v) is 3.13. The minimum absolute atomic E-state index is 0.403. The fourth-order valence-corrected chi connectivity index (χ4v) is 2.34. The molecule has 0 saturated carbocycles. The highest BCUT2D eigenvalue weighted by Gasteiger charge is 2.27. The lowest BCUT2D eigenvalue weighted by molar-refractivity contribution is 0.147. The maximum atomic E-state index is 12.6. The molecule has 0 aliphatic heterocycles. The summed E-state index contributed by atoms with van der Waals surface area (Å²) in [6.45, 7) is 0. The third-order valence-electron chi connectivity index (χ3n) is 1.58. The van der Waals surface area contributed by atoms with Crippen molar-refractivity contribution in [1.29, 1.82) is 5.26 Å². The van der Waals surface area contributed by atoms with Gasteiger partial charge in [0.05, 0.1) is 10.5 Å². The lowest BCUT2D eigenvalue weighted by Crippen LogP contribution is -2.04. The van der Waals surface area contributed by atoms with E-state index in [4.69, 9.17) is 27.5 Å². The summed E-state index contributed by atoms with van der Waals surface area (Å²) in [6.07, 6.45) is -3.19. The second-order valence-electron chi connectivity index (χ2n) is 2.56. The van der Waals surface area contributed by atoms with Gasteiger partial charge in [-0.2, -0.15) is 5.26 Å². The Morgan fingerprint density at radius 1 is 1.50 bits per heavy atom. The van der Waals surface area contributed by atoms with Crippen LogP contribution in [-0.2, 0) is 9.05 Å². The first-order valence-electron chi connectivity index (χ1n) is 3.60. The molecule has 1 rings (SSSR count). The maximum absolute atomic E-state index is 12.6. The highest BCUT2D eigenvalue weighted by molar-refractivity contribution is 8.13. The van der Waals surface area contributed by atoms with E-state index in [1.807, 2.05) is 0 Å². The quantitative estimate of drug-likeness (QED) is 0.618. The zero-order valence-corrected chi connectivity index (χ0v) is 9.61. The van der Waals surface area contributed by atoms with Crippen LogP contribution in [0.15, 0.2) is 11.0 Å². The van der Waals surface area contributed by atoms with E-state index in [2.05, 4.69) is 4.98 Å². The van der Waals surface area contributed by atoms with E-state index in [-0.39, 0.29) is 0 Å². The standard InChI is InChI=1S/C7H2Cl2F2N2O2S/c8-5-1-4(16(9,14)15)6(7(10)11)3(2-12)13-5/h1,7H. The summed E-state index contributed by atoms with van der Waals surface area (Å²) in [5, 5.41) is 8.14. The first-order chi connectivity index (χ1) is 7.27. The lowest BCUT2D eigenvalue weighted by atomic mass is 10.2. The molecule has 9 heteroatoms. The van der Waals surface area contributed by atoms with Gasteiger partial charge < -0.3 is 0 Å². The Morgan fingerprint density at radius 3 is 2.44 bits per heavy atom. The highest BCUT2D eigenvalue weighted by Crippen LogP contribution is 2.32. The van der Waals surface area contributed by atoms with Crippen LogP contribution in [0.4, 0.5) is 8.78 Å². The number of hydrogen-bond donors (Lipinski definition) is 0. The van der Waals surface area contributed by atoms with Gasteiger partial charge in [-0.1, -0.05) is 11.6 Å². The maximum Gasteiger partial charge on any atom is 0.267 e. The van der Waals surface area contributed by atoms with Gasteiger partial charge in [0.15, 0.2) is 5.69 Å². The Balaban J connectivity index is 3.73. The molecule has 1 heterocycles. The summed E-state index contributed by atoms with van der Waals surface area (Å²) in [6, 6.07) is 2.00. The van der Waals surface area contributed by atoms with Crippen molar-refractivity contribution < 1.29 is 17.2 Å². The molecule has 0 fully saturated rings. The van der Waals surface area contributed by atoms with E-state index >= 15 is 0 Å². The minimum Gasteiger partial charge on any atom is -0.225 e. The second kappa shape index (κ2) is 4.49. The molecule has 1 aromatic rings. The topological polar surface area (TPSA) is 70.8 Å². The Bertz CT molecular complexity index is 568. The van der Waals surface area contributed by atoms with E-state index < -0.39 is 36.8 Å². The number of aromatic nitrogens is 1. The lowest BCUT2D eigenvalue weighted by Gasteiger charge is -2.07. The fourth-order valence-electron chi connectivity index (χ4n) is 1.000. The summed E-state index contributed by atoms with van der Waals surface area (Å²) < 4.78 is 47.2. The number of nitrogens with zero attached hydrogens (tertiary/aromatic N) is 2. The van der Waals surface area contributed by atoms with E-state index in [0.29, 0.717) is 6.07 Å². The number of nitriles is 1. The van der Waals surface area contributed by atoms with Crippen LogP contribution in [0.3, 0.4) is 0 Å². The predicted octanol–water partition coefficient (Wildman–Crippen LogP) is 2.47. The molecule has 0 saturated heterocycles. The summed E-state index contributed by atoms with van der Waals surface area (Å²) >= 11 is 5.38. The summed E-state index contributed by atoms with van der Waals surface area (Å²) in [7, 11) is 0.535. The van der Waals surface area contributed by atoms with Gasteiger partial charge in [-0.25, -0.2) is 22.2 Å². The van der Waals surface area contributed by atoms with Crippen molar-refractivity contribution in [3.05, 3.63) is 22.5 Å². The van der Waals surface area contributed by atoms with Crippen molar-refractivity contribution in [2.45, 2.75) is 11.3 Å². The van der Waals surface area contributed by atoms with Gasteiger partial charge in [0.25, 0.3) is 15.5 Å². The zero-order valence-electron chi connectivity index (χ0n) is 7.29. The van der Waals surface area contributed by atoms with E-state index in [1.165, 1.54) is 6.07 Å². The molecule has 0 aliphatic carbocycles. The largest absolute Gasteiger partial charge is 0.267 e. The van der Waals surface area contributed by atoms with Crippen LogP contribution in [0.1, 0.15) is 17.7 Å². The van der Waals surface area contributed by atoms with Crippen LogP contribution in [0.5, 0.6) is 0 Å². The molecule has 0 atom stereocenters. The number of hydrogen-bond acceptors (Lipinski definition) is 4. The Labute approximate surface area is 98.8 Å². The number of pyridine rings is 1. The van der Waals surface area contributed by atoms with Gasteiger partial charge in [0.2, 0.25) is 0 Å². The molecule has 16 heavy (non-hydrogen) atoms. The third kappa shape index (κ3) is 2.58. The van der Waals surface area contributed by atoms with Crippen LogP contribution < -0.4 is 0 Å². The number of rotatable bonds is 2. The first-order valence-corrected chi connectivity index (χ1v) is 6.29. The van der Waals surface area contributed by atoms with Crippen LogP contribution in [0.25, 0.3) is 0 Å². The van der Waals surface area contributed by atoms with Crippen LogP contribution >= 0.6 is 22.3 Å².